The Balaban J connectivity index is 1.52. The minimum atomic E-state index is -0.0955. The molecule has 0 spiro atoms. The highest BCUT2D eigenvalue weighted by molar-refractivity contribution is 6.30. The summed E-state index contributed by atoms with van der Waals surface area (Å²) in [6, 6.07) is 15.0. The lowest BCUT2D eigenvalue weighted by molar-refractivity contribution is -0.116. The molecule has 1 aromatic heterocycles. The van der Waals surface area contributed by atoms with Crippen LogP contribution in [0.1, 0.15) is 26.2 Å². The fraction of sp³-hybridized carbons (Fsp3) is 0.286. The van der Waals surface area contributed by atoms with Crippen LogP contribution in [0.5, 0.6) is 0 Å². The van der Waals surface area contributed by atoms with Crippen LogP contribution in [0, 0.1) is 0 Å². The predicted octanol–water partition coefficient (Wildman–Crippen LogP) is 4.81. The third kappa shape index (κ3) is 5.10. The van der Waals surface area contributed by atoms with Gasteiger partial charge in [-0.05, 0) is 62.4 Å². The van der Waals surface area contributed by atoms with Crippen LogP contribution < -0.4 is 10.2 Å². The zero-order valence-electron chi connectivity index (χ0n) is 16.0. The SMILES string of the molecule is CCN(CC)c1ccc(NC(=O)CCc2nnc(-c3ccc(Cl)cc3)o2)cc1. The monoisotopic (exact) mass is 398 g/mol. The van der Waals surface area contributed by atoms with Gasteiger partial charge in [-0.15, -0.1) is 10.2 Å². The van der Waals surface area contributed by atoms with Crippen LogP contribution in [0.3, 0.4) is 0 Å². The first-order valence-corrected chi connectivity index (χ1v) is 9.70. The molecule has 0 radical (unpaired) electrons. The molecule has 7 heteroatoms. The van der Waals surface area contributed by atoms with Gasteiger partial charge < -0.3 is 14.6 Å². The van der Waals surface area contributed by atoms with E-state index in [2.05, 4.69) is 34.3 Å². The number of nitrogens with one attached hydrogen (secondary N) is 1. The molecule has 1 heterocycles. The van der Waals surface area contributed by atoms with Gasteiger partial charge in [-0.1, -0.05) is 11.6 Å². The number of hydrogen-bond acceptors (Lipinski definition) is 5. The van der Waals surface area contributed by atoms with Crippen LogP contribution in [-0.4, -0.2) is 29.2 Å². The molecule has 0 aliphatic carbocycles. The van der Waals surface area contributed by atoms with Gasteiger partial charge in [0.15, 0.2) is 0 Å². The fourth-order valence-corrected chi connectivity index (χ4v) is 2.98. The molecule has 28 heavy (non-hydrogen) atoms. The number of carbonyl (C=O) groups is 1. The number of aromatic nitrogens is 2. The summed E-state index contributed by atoms with van der Waals surface area (Å²) >= 11 is 5.88. The summed E-state index contributed by atoms with van der Waals surface area (Å²) < 4.78 is 5.63. The third-order valence-corrected chi connectivity index (χ3v) is 4.66. The van der Waals surface area contributed by atoms with Crippen LogP contribution in [0.15, 0.2) is 52.9 Å². The third-order valence-electron chi connectivity index (χ3n) is 4.40. The Morgan fingerprint density at radius 2 is 1.71 bits per heavy atom. The van der Waals surface area contributed by atoms with Gasteiger partial charge in [0.05, 0.1) is 0 Å². The van der Waals surface area contributed by atoms with Crippen molar-refractivity contribution in [3.8, 4) is 11.5 Å². The minimum Gasteiger partial charge on any atom is -0.421 e. The molecule has 0 bridgehead atoms. The van der Waals surface area contributed by atoms with Crippen molar-refractivity contribution in [1.82, 2.24) is 10.2 Å². The molecule has 1 N–H and O–H groups in total. The Hall–Kier alpha value is -2.86. The van der Waals surface area contributed by atoms with E-state index in [1.54, 1.807) is 12.1 Å². The molecule has 6 nitrogen and oxygen atoms in total. The lowest BCUT2D eigenvalue weighted by Crippen LogP contribution is -2.21. The normalized spacial score (nSPS) is 10.7. The fourth-order valence-electron chi connectivity index (χ4n) is 2.85. The van der Waals surface area contributed by atoms with E-state index in [1.165, 1.54) is 0 Å². The molecule has 0 fully saturated rings. The van der Waals surface area contributed by atoms with Crippen LogP contribution in [0.4, 0.5) is 11.4 Å². The number of carbonyl (C=O) groups excluding carboxylic acids is 1. The summed E-state index contributed by atoms with van der Waals surface area (Å²) in [4.78, 5) is 14.5. The molecule has 0 aliphatic rings. The van der Waals surface area contributed by atoms with E-state index in [0.29, 0.717) is 23.2 Å². The molecule has 0 unspecified atom stereocenters. The molecule has 146 valence electrons. The molecule has 3 rings (SSSR count). The van der Waals surface area contributed by atoms with Gasteiger partial charge in [0.2, 0.25) is 17.7 Å². The maximum atomic E-state index is 12.2. The average molecular weight is 399 g/mol. The first kappa shape index (κ1) is 19.9. The number of rotatable bonds is 8. The second-order valence-corrected chi connectivity index (χ2v) is 6.71. The molecular weight excluding hydrogens is 376 g/mol. The van der Waals surface area contributed by atoms with Gasteiger partial charge in [0.1, 0.15) is 0 Å². The highest BCUT2D eigenvalue weighted by atomic mass is 35.5. The number of hydrogen-bond donors (Lipinski definition) is 1. The first-order valence-electron chi connectivity index (χ1n) is 9.32. The highest BCUT2D eigenvalue weighted by Gasteiger charge is 2.11. The number of benzene rings is 2. The number of halogens is 1. The van der Waals surface area contributed by atoms with Crippen LogP contribution in [0.25, 0.3) is 11.5 Å². The first-order chi connectivity index (χ1) is 13.6. The van der Waals surface area contributed by atoms with Gasteiger partial charge in [0, 0.05) is 47.9 Å². The van der Waals surface area contributed by atoms with Crippen LogP contribution in [0.2, 0.25) is 5.02 Å². The Bertz CT molecular complexity index is 903. The Morgan fingerprint density at radius 3 is 2.36 bits per heavy atom. The largest absolute Gasteiger partial charge is 0.421 e. The minimum absolute atomic E-state index is 0.0955. The summed E-state index contributed by atoms with van der Waals surface area (Å²) in [7, 11) is 0. The number of aryl methyl sites for hydroxylation is 1. The van der Waals surface area contributed by atoms with E-state index in [-0.39, 0.29) is 12.3 Å². The zero-order chi connectivity index (χ0) is 19.9. The standard InChI is InChI=1S/C21H23ClN4O2/c1-3-26(4-2)18-11-9-17(10-12-18)23-19(27)13-14-20-24-25-21(28-20)15-5-7-16(22)8-6-15/h5-12H,3-4,13-14H2,1-2H3,(H,23,27). The lowest BCUT2D eigenvalue weighted by atomic mass is 10.2. The number of amides is 1. The zero-order valence-corrected chi connectivity index (χ0v) is 16.7. The van der Waals surface area contributed by atoms with E-state index < -0.39 is 0 Å². The number of nitrogens with zero attached hydrogens (tertiary/aromatic N) is 3. The Labute approximate surface area is 169 Å². The predicted molar refractivity (Wildman–Crippen MR) is 112 cm³/mol. The lowest BCUT2D eigenvalue weighted by Gasteiger charge is -2.21. The smallest absolute Gasteiger partial charge is 0.247 e. The maximum Gasteiger partial charge on any atom is 0.247 e. The molecule has 3 aromatic rings. The second-order valence-electron chi connectivity index (χ2n) is 6.28. The average Bonchev–Trinajstić information content (AvgIpc) is 3.18. The summed E-state index contributed by atoms with van der Waals surface area (Å²) in [6.45, 7) is 6.14. The van der Waals surface area contributed by atoms with Crippen molar-refractivity contribution in [3.63, 3.8) is 0 Å². The van der Waals surface area contributed by atoms with Crippen molar-refractivity contribution in [1.29, 1.82) is 0 Å². The topological polar surface area (TPSA) is 71.3 Å². The second kappa shape index (κ2) is 9.37. The number of anilines is 2. The molecule has 0 aliphatic heterocycles. The van der Waals surface area contributed by atoms with E-state index in [0.717, 1.165) is 30.0 Å². The van der Waals surface area contributed by atoms with Gasteiger partial charge in [0.25, 0.3) is 0 Å². The summed E-state index contributed by atoms with van der Waals surface area (Å²) in [6.07, 6.45) is 0.643. The summed E-state index contributed by atoms with van der Waals surface area (Å²) in [5.74, 6) is 0.748. The van der Waals surface area contributed by atoms with Crippen molar-refractivity contribution >= 4 is 28.9 Å². The quantitative estimate of drug-likeness (QED) is 0.589. The Morgan fingerprint density at radius 1 is 1.04 bits per heavy atom. The maximum absolute atomic E-state index is 12.2. The van der Waals surface area contributed by atoms with Crippen molar-refractivity contribution in [2.24, 2.45) is 0 Å². The molecule has 2 aromatic carbocycles. The molecule has 0 saturated heterocycles. The van der Waals surface area contributed by atoms with Gasteiger partial charge in [-0.25, -0.2) is 0 Å². The highest BCUT2D eigenvalue weighted by Crippen LogP contribution is 2.21. The molecular formula is C21H23ClN4O2. The van der Waals surface area contributed by atoms with E-state index >= 15 is 0 Å². The molecule has 0 saturated carbocycles. The Kier molecular flexibility index (Phi) is 6.66. The van der Waals surface area contributed by atoms with Crippen LogP contribution >= 0.6 is 11.6 Å². The van der Waals surface area contributed by atoms with Gasteiger partial charge >= 0.3 is 0 Å². The van der Waals surface area contributed by atoms with Crippen molar-refractivity contribution in [3.05, 3.63) is 59.4 Å². The summed E-state index contributed by atoms with van der Waals surface area (Å²) in [5.41, 5.74) is 2.71. The van der Waals surface area contributed by atoms with Crippen LogP contribution in [-0.2, 0) is 11.2 Å². The van der Waals surface area contributed by atoms with Gasteiger partial charge in [-0.3, -0.25) is 4.79 Å². The molecule has 0 atom stereocenters. The van der Waals surface area contributed by atoms with E-state index in [1.807, 2.05) is 36.4 Å². The van der Waals surface area contributed by atoms with E-state index in [9.17, 15) is 4.79 Å². The van der Waals surface area contributed by atoms with Crippen molar-refractivity contribution in [2.45, 2.75) is 26.7 Å². The summed E-state index contributed by atoms with van der Waals surface area (Å²) in [5, 5.41) is 11.6. The van der Waals surface area contributed by atoms with Crippen molar-refractivity contribution in [2.75, 3.05) is 23.3 Å². The van der Waals surface area contributed by atoms with E-state index in [4.69, 9.17) is 16.0 Å². The molecule has 1 amide bonds. The van der Waals surface area contributed by atoms with Gasteiger partial charge in [-0.2, -0.15) is 0 Å². The van der Waals surface area contributed by atoms with Crippen molar-refractivity contribution < 1.29 is 9.21 Å².